The van der Waals surface area contributed by atoms with E-state index in [-0.39, 0.29) is 6.04 Å². The van der Waals surface area contributed by atoms with Crippen LogP contribution in [0.15, 0.2) is 22.8 Å². The van der Waals surface area contributed by atoms with Crippen molar-refractivity contribution in [3.8, 4) is 0 Å². The van der Waals surface area contributed by atoms with E-state index in [9.17, 15) is 8.42 Å². The Kier molecular flexibility index (Phi) is 5.80. The maximum atomic E-state index is 12.4. The van der Waals surface area contributed by atoms with Crippen molar-refractivity contribution in [3.05, 3.63) is 24.2 Å². The summed E-state index contributed by atoms with van der Waals surface area (Å²) in [5.41, 5.74) is 0. The van der Waals surface area contributed by atoms with E-state index in [4.69, 9.17) is 4.42 Å². The predicted molar refractivity (Wildman–Crippen MR) is 82.1 cm³/mol. The minimum Gasteiger partial charge on any atom is -0.468 e. The van der Waals surface area contributed by atoms with Crippen LogP contribution in [0.2, 0.25) is 0 Å². The molecule has 0 aromatic carbocycles. The van der Waals surface area contributed by atoms with Gasteiger partial charge in [-0.15, -0.1) is 0 Å². The van der Waals surface area contributed by atoms with E-state index in [2.05, 4.69) is 4.72 Å². The Balaban J connectivity index is 1.99. The highest BCUT2D eigenvalue weighted by atomic mass is 32.2. The molecule has 0 aliphatic carbocycles. The third-order valence-electron chi connectivity index (χ3n) is 3.86. The smallest absolute Gasteiger partial charge is 0.279 e. The Morgan fingerprint density at radius 1 is 1.29 bits per heavy atom. The van der Waals surface area contributed by atoms with Gasteiger partial charge in [-0.1, -0.05) is 12.8 Å². The number of likely N-dealkylation sites (N-methyl/N-ethyl adjacent to an activating group) is 1. The lowest BCUT2D eigenvalue weighted by atomic mass is 10.2. The van der Waals surface area contributed by atoms with Crippen molar-refractivity contribution in [2.24, 2.45) is 0 Å². The summed E-state index contributed by atoms with van der Waals surface area (Å²) in [6.45, 7) is 1.53. The minimum absolute atomic E-state index is 0.109. The average molecular weight is 315 g/mol. The second-order valence-electron chi connectivity index (χ2n) is 5.66. The fourth-order valence-electron chi connectivity index (χ4n) is 2.58. The molecule has 0 unspecified atom stereocenters. The van der Waals surface area contributed by atoms with Gasteiger partial charge in [0.05, 0.1) is 12.3 Å². The first-order chi connectivity index (χ1) is 10.0. The van der Waals surface area contributed by atoms with Gasteiger partial charge in [0, 0.05) is 19.6 Å². The van der Waals surface area contributed by atoms with Crippen LogP contribution >= 0.6 is 0 Å². The van der Waals surface area contributed by atoms with Crippen molar-refractivity contribution in [2.45, 2.75) is 31.7 Å². The van der Waals surface area contributed by atoms with E-state index in [0.29, 0.717) is 19.6 Å². The van der Waals surface area contributed by atoms with Gasteiger partial charge in [-0.2, -0.15) is 12.7 Å². The minimum atomic E-state index is -3.41. The van der Waals surface area contributed by atoms with Crippen molar-refractivity contribution in [1.29, 1.82) is 0 Å². The van der Waals surface area contributed by atoms with E-state index in [1.165, 1.54) is 0 Å². The lowest BCUT2D eigenvalue weighted by molar-refractivity contribution is 0.257. The normalized spacial score (nSPS) is 19.6. The van der Waals surface area contributed by atoms with Gasteiger partial charge >= 0.3 is 0 Å². The molecule has 6 nitrogen and oxygen atoms in total. The van der Waals surface area contributed by atoms with E-state index < -0.39 is 10.2 Å². The zero-order valence-corrected chi connectivity index (χ0v) is 13.6. The summed E-state index contributed by atoms with van der Waals surface area (Å²) in [4.78, 5) is 1.95. The summed E-state index contributed by atoms with van der Waals surface area (Å²) in [5.74, 6) is 0.763. The molecule has 1 aromatic heterocycles. The fourth-order valence-corrected chi connectivity index (χ4v) is 3.87. The molecule has 0 saturated carbocycles. The molecule has 1 fully saturated rings. The molecule has 0 spiro atoms. The molecule has 0 bridgehead atoms. The topological polar surface area (TPSA) is 65.8 Å². The average Bonchev–Trinajstić information content (AvgIpc) is 2.79. The zero-order valence-electron chi connectivity index (χ0n) is 12.8. The maximum Gasteiger partial charge on any atom is 0.279 e. The van der Waals surface area contributed by atoms with Crippen LogP contribution in [-0.2, 0) is 10.2 Å². The van der Waals surface area contributed by atoms with Gasteiger partial charge in [0.25, 0.3) is 10.2 Å². The number of nitrogens with one attached hydrogen (secondary N) is 1. The van der Waals surface area contributed by atoms with Gasteiger partial charge in [0.2, 0.25) is 0 Å². The Bertz CT molecular complexity index is 506. The quantitative estimate of drug-likeness (QED) is 0.866. The number of nitrogens with zero attached hydrogens (tertiary/aromatic N) is 2. The van der Waals surface area contributed by atoms with E-state index >= 15 is 0 Å². The fraction of sp³-hybridized carbons (Fsp3) is 0.714. The predicted octanol–water partition coefficient (Wildman–Crippen LogP) is 1.59. The number of hydrogen-bond acceptors (Lipinski definition) is 4. The van der Waals surface area contributed by atoms with E-state index in [1.807, 2.05) is 31.1 Å². The molecular weight excluding hydrogens is 290 g/mol. The third kappa shape index (κ3) is 4.54. The van der Waals surface area contributed by atoms with Crippen LogP contribution in [0.5, 0.6) is 0 Å². The van der Waals surface area contributed by atoms with Crippen molar-refractivity contribution < 1.29 is 12.8 Å². The molecule has 1 aliphatic heterocycles. The SMILES string of the molecule is CN(C)[C@@H](CNS(=O)(=O)N1CCCCCC1)c1ccco1. The lowest BCUT2D eigenvalue weighted by Gasteiger charge is -2.25. The van der Waals surface area contributed by atoms with Gasteiger partial charge in [-0.3, -0.25) is 4.90 Å². The van der Waals surface area contributed by atoms with Gasteiger partial charge < -0.3 is 4.42 Å². The largest absolute Gasteiger partial charge is 0.468 e. The van der Waals surface area contributed by atoms with E-state index in [1.54, 1.807) is 10.6 Å². The Labute approximate surface area is 127 Å². The third-order valence-corrected chi connectivity index (χ3v) is 5.44. The molecule has 1 aliphatic rings. The molecule has 120 valence electrons. The van der Waals surface area contributed by atoms with Gasteiger partial charge in [-0.05, 0) is 39.1 Å². The second-order valence-corrected chi connectivity index (χ2v) is 7.42. The Morgan fingerprint density at radius 2 is 1.95 bits per heavy atom. The first kappa shape index (κ1) is 16.5. The molecule has 1 saturated heterocycles. The highest BCUT2D eigenvalue weighted by Crippen LogP contribution is 2.19. The molecule has 1 N–H and O–H groups in total. The number of hydrogen-bond donors (Lipinski definition) is 1. The van der Waals surface area contributed by atoms with Crippen molar-refractivity contribution in [2.75, 3.05) is 33.7 Å². The molecule has 0 radical (unpaired) electrons. The first-order valence-electron chi connectivity index (χ1n) is 7.45. The van der Waals surface area contributed by atoms with Gasteiger partial charge in [0.15, 0.2) is 0 Å². The van der Waals surface area contributed by atoms with Crippen LogP contribution in [0.25, 0.3) is 0 Å². The summed E-state index contributed by atoms with van der Waals surface area (Å²) >= 11 is 0. The second kappa shape index (κ2) is 7.40. The summed E-state index contributed by atoms with van der Waals surface area (Å²) in [7, 11) is 0.409. The van der Waals surface area contributed by atoms with Crippen LogP contribution < -0.4 is 4.72 Å². The number of rotatable bonds is 6. The zero-order chi connectivity index (χ0) is 15.3. The summed E-state index contributed by atoms with van der Waals surface area (Å²) in [5, 5.41) is 0. The highest BCUT2D eigenvalue weighted by molar-refractivity contribution is 7.87. The monoisotopic (exact) mass is 315 g/mol. The van der Waals surface area contributed by atoms with Crippen LogP contribution in [0, 0.1) is 0 Å². The summed E-state index contributed by atoms with van der Waals surface area (Å²) in [6, 6.07) is 3.57. The van der Waals surface area contributed by atoms with E-state index in [0.717, 1.165) is 31.4 Å². The molecule has 1 atom stereocenters. The summed E-state index contributed by atoms with van der Waals surface area (Å²) < 4.78 is 34.5. The molecule has 2 heterocycles. The first-order valence-corrected chi connectivity index (χ1v) is 8.89. The van der Waals surface area contributed by atoms with Crippen molar-refractivity contribution in [1.82, 2.24) is 13.9 Å². The number of furan rings is 1. The molecule has 1 aromatic rings. The van der Waals surface area contributed by atoms with Gasteiger partial charge in [-0.25, -0.2) is 4.72 Å². The molecular formula is C14H25N3O3S. The molecule has 2 rings (SSSR count). The standard InChI is InChI=1S/C14H25N3O3S/c1-16(2)13(14-8-7-11-20-14)12-15-21(18,19)17-9-5-3-4-6-10-17/h7-8,11,13,15H,3-6,9-10,12H2,1-2H3/t13-/m0/s1. The maximum absolute atomic E-state index is 12.4. The Hall–Kier alpha value is -0.890. The molecule has 0 amide bonds. The van der Waals surface area contributed by atoms with Crippen LogP contribution in [0.1, 0.15) is 37.5 Å². The lowest BCUT2D eigenvalue weighted by Crippen LogP contribution is -2.44. The van der Waals surface area contributed by atoms with Crippen LogP contribution in [0.4, 0.5) is 0 Å². The highest BCUT2D eigenvalue weighted by Gasteiger charge is 2.25. The van der Waals surface area contributed by atoms with Crippen molar-refractivity contribution >= 4 is 10.2 Å². The molecule has 21 heavy (non-hydrogen) atoms. The van der Waals surface area contributed by atoms with Crippen molar-refractivity contribution in [3.63, 3.8) is 0 Å². The van der Waals surface area contributed by atoms with Crippen LogP contribution in [0.3, 0.4) is 0 Å². The summed E-state index contributed by atoms with van der Waals surface area (Å²) in [6.07, 6.45) is 5.71. The molecule has 7 heteroatoms. The Morgan fingerprint density at radius 3 is 2.48 bits per heavy atom. The van der Waals surface area contributed by atoms with Crippen LogP contribution in [-0.4, -0.2) is 51.4 Å². The van der Waals surface area contributed by atoms with Gasteiger partial charge in [0.1, 0.15) is 5.76 Å².